The molecule has 2 heterocycles. The maximum Gasteiger partial charge on any atom is 0.342 e. The van der Waals surface area contributed by atoms with Gasteiger partial charge in [-0.3, -0.25) is 24.1 Å². The molecule has 150 valence electrons. The van der Waals surface area contributed by atoms with E-state index in [0.717, 1.165) is 4.90 Å². The Morgan fingerprint density at radius 1 is 0.900 bits per heavy atom. The number of fused-ring (bicyclic) bond motifs is 2. The highest BCUT2D eigenvalue weighted by Gasteiger charge is 2.40. The quantitative estimate of drug-likeness (QED) is 0.268. The molecule has 8 nitrogen and oxygen atoms in total. The molecular formula is C22H16N2O6. The summed E-state index contributed by atoms with van der Waals surface area (Å²) in [4.78, 5) is 64.2. The summed E-state index contributed by atoms with van der Waals surface area (Å²) in [5.41, 5.74) is 0.574. The highest BCUT2D eigenvalue weighted by Crippen LogP contribution is 2.34. The van der Waals surface area contributed by atoms with Crippen LogP contribution in [-0.4, -0.2) is 47.5 Å². The van der Waals surface area contributed by atoms with Crippen LogP contribution in [0.25, 0.3) is 5.57 Å². The maximum atomic E-state index is 13.1. The average molecular weight is 404 g/mol. The number of Topliss-reactive ketones (excluding diaryl/α,β-unsaturated/α-hetero) is 1. The first kappa shape index (κ1) is 19.3. The number of hydrogen-bond donors (Lipinski definition) is 1. The number of benzene rings is 2. The molecular weight excluding hydrogens is 388 g/mol. The smallest absolute Gasteiger partial charge is 0.342 e. The predicted octanol–water partition coefficient (Wildman–Crippen LogP) is 1.82. The van der Waals surface area contributed by atoms with Gasteiger partial charge in [-0.15, -0.1) is 0 Å². The van der Waals surface area contributed by atoms with Gasteiger partial charge in [0.25, 0.3) is 17.7 Å². The van der Waals surface area contributed by atoms with Crippen molar-refractivity contribution in [1.82, 2.24) is 4.90 Å². The number of nitrogens with one attached hydrogen (secondary N) is 1. The van der Waals surface area contributed by atoms with Crippen LogP contribution in [0.4, 0.5) is 5.69 Å². The lowest BCUT2D eigenvalue weighted by molar-refractivity contribution is -0.140. The lowest BCUT2D eigenvalue weighted by Gasteiger charge is -2.15. The molecule has 0 unspecified atom stereocenters. The van der Waals surface area contributed by atoms with E-state index >= 15 is 0 Å². The molecule has 2 aromatic carbocycles. The molecule has 0 aliphatic carbocycles. The standard InChI is InChI=1S/C22H16N2O6/c1-2-30-22(29)18(17-14-9-5-6-10-15(14)23-19(17)26)16(25)11-24-20(27)12-7-3-4-8-13(12)21(24)28/h3-10H,2,11H2,1H3,(H,23,26)/b18-17+. The number of rotatable bonds is 5. The Kier molecular flexibility index (Phi) is 4.75. The number of anilines is 1. The van der Waals surface area contributed by atoms with Crippen LogP contribution in [0, 0.1) is 0 Å². The van der Waals surface area contributed by atoms with Gasteiger partial charge in [-0.1, -0.05) is 30.3 Å². The van der Waals surface area contributed by atoms with Crippen molar-refractivity contribution in [2.75, 3.05) is 18.5 Å². The molecule has 0 atom stereocenters. The summed E-state index contributed by atoms with van der Waals surface area (Å²) in [5.74, 6) is -3.73. The molecule has 0 saturated carbocycles. The van der Waals surface area contributed by atoms with Crippen molar-refractivity contribution in [3.63, 3.8) is 0 Å². The second-order valence-corrected chi connectivity index (χ2v) is 6.64. The zero-order valence-corrected chi connectivity index (χ0v) is 15.9. The number of esters is 1. The molecule has 2 aliphatic rings. The molecule has 0 bridgehead atoms. The van der Waals surface area contributed by atoms with Gasteiger partial charge in [0.2, 0.25) is 0 Å². The third kappa shape index (κ3) is 2.98. The van der Waals surface area contributed by atoms with Gasteiger partial charge < -0.3 is 10.1 Å². The zero-order chi connectivity index (χ0) is 21.4. The fourth-order valence-corrected chi connectivity index (χ4v) is 3.53. The third-order valence-electron chi connectivity index (χ3n) is 4.86. The zero-order valence-electron chi connectivity index (χ0n) is 15.9. The normalized spacial score (nSPS) is 16.2. The SMILES string of the molecule is CCOC(=O)/C(C(=O)CN1C(=O)c2ccccc2C1=O)=C1/C(=O)Nc2ccccc21. The highest BCUT2D eigenvalue weighted by atomic mass is 16.5. The van der Waals surface area contributed by atoms with Crippen molar-refractivity contribution in [3.8, 4) is 0 Å². The second-order valence-electron chi connectivity index (χ2n) is 6.64. The molecule has 0 saturated heterocycles. The minimum Gasteiger partial charge on any atom is -0.462 e. The molecule has 2 aliphatic heterocycles. The first-order valence-electron chi connectivity index (χ1n) is 9.24. The van der Waals surface area contributed by atoms with E-state index in [9.17, 15) is 24.0 Å². The summed E-state index contributed by atoms with van der Waals surface area (Å²) in [6, 6.07) is 12.8. The number of ether oxygens (including phenoxy) is 1. The van der Waals surface area contributed by atoms with E-state index in [1.165, 1.54) is 12.1 Å². The van der Waals surface area contributed by atoms with Crippen molar-refractivity contribution in [1.29, 1.82) is 0 Å². The fraction of sp³-hybridized carbons (Fsp3) is 0.136. The van der Waals surface area contributed by atoms with Crippen LogP contribution in [0.2, 0.25) is 0 Å². The number of carbonyl (C=O) groups is 5. The van der Waals surface area contributed by atoms with Crippen LogP contribution in [-0.2, 0) is 19.1 Å². The minimum absolute atomic E-state index is 0.0147. The van der Waals surface area contributed by atoms with Gasteiger partial charge in [0.15, 0.2) is 5.78 Å². The molecule has 0 fully saturated rings. The van der Waals surface area contributed by atoms with Crippen molar-refractivity contribution < 1.29 is 28.7 Å². The molecule has 0 aromatic heterocycles. The Labute approximate surface area is 171 Å². The third-order valence-corrected chi connectivity index (χ3v) is 4.86. The largest absolute Gasteiger partial charge is 0.462 e. The number of nitrogens with zero attached hydrogens (tertiary/aromatic N) is 1. The Morgan fingerprint density at radius 3 is 2.07 bits per heavy atom. The van der Waals surface area contributed by atoms with Crippen LogP contribution in [0.3, 0.4) is 0 Å². The van der Waals surface area contributed by atoms with Gasteiger partial charge in [0.1, 0.15) is 5.57 Å². The monoisotopic (exact) mass is 404 g/mol. The van der Waals surface area contributed by atoms with E-state index in [1.54, 1.807) is 43.3 Å². The molecule has 8 heteroatoms. The van der Waals surface area contributed by atoms with Crippen LogP contribution in [0.1, 0.15) is 33.2 Å². The summed E-state index contributed by atoms with van der Waals surface area (Å²) >= 11 is 0. The lowest BCUT2D eigenvalue weighted by atomic mass is 9.97. The highest BCUT2D eigenvalue weighted by molar-refractivity contribution is 6.41. The topological polar surface area (TPSA) is 110 Å². The number of para-hydroxylation sites is 1. The van der Waals surface area contributed by atoms with E-state index in [1.807, 2.05) is 0 Å². The molecule has 3 amide bonds. The summed E-state index contributed by atoms with van der Waals surface area (Å²) in [5, 5.41) is 2.60. The van der Waals surface area contributed by atoms with Gasteiger partial charge >= 0.3 is 5.97 Å². The maximum absolute atomic E-state index is 13.1. The number of carbonyl (C=O) groups excluding carboxylic acids is 5. The van der Waals surface area contributed by atoms with E-state index < -0.39 is 41.6 Å². The van der Waals surface area contributed by atoms with E-state index in [2.05, 4.69) is 5.32 Å². The minimum atomic E-state index is -0.985. The van der Waals surface area contributed by atoms with Gasteiger partial charge in [0, 0.05) is 11.3 Å². The molecule has 0 radical (unpaired) electrons. The Bertz CT molecular complexity index is 1130. The number of ketones is 1. The molecule has 4 rings (SSSR count). The van der Waals surface area contributed by atoms with Crippen molar-refractivity contribution in [3.05, 3.63) is 70.8 Å². The molecule has 1 N–H and O–H groups in total. The summed E-state index contributed by atoms with van der Waals surface area (Å²) < 4.78 is 4.99. The second kappa shape index (κ2) is 7.40. The summed E-state index contributed by atoms with van der Waals surface area (Å²) in [6.07, 6.45) is 0. The van der Waals surface area contributed by atoms with E-state index in [4.69, 9.17) is 4.74 Å². The fourth-order valence-electron chi connectivity index (χ4n) is 3.53. The van der Waals surface area contributed by atoms with Gasteiger partial charge in [-0.05, 0) is 25.1 Å². The van der Waals surface area contributed by atoms with Crippen LogP contribution < -0.4 is 5.32 Å². The number of imide groups is 1. The summed E-state index contributed by atoms with van der Waals surface area (Å²) in [6.45, 7) is 0.871. The van der Waals surface area contributed by atoms with Crippen molar-refractivity contribution >= 4 is 40.7 Å². The Hall–Kier alpha value is -4.07. The van der Waals surface area contributed by atoms with Crippen LogP contribution >= 0.6 is 0 Å². The predicted molar refractivity (Wildman–Crippen MR) is 105 cm³/mol. The molecule has 30 heavy (non-hydrogen) atoms. The Balaban J connectivity index is 1.75. The van der Waals surface area contributed by atoms with E-state index in [0.29, 0.717) is 11.3 Å². The van der Waals surface area contributed by atoms with Crippen molar-refractivity contribution in [2.24, 2.45) is 0 Å². The number of hydrogen-bond acceptors (Lipinski definition) is 6. The molecule has 0 spiro atoms. The van der Waals surface area contributed by atoms with Crippen molar-refractivity contribution in [2.45, 2.75) is 6.92 Å². The van der Waals surface area contributed by atoms with Gasteiger partial charge in [-0.2, -0.15) is 0 Å². The van der Waals surface area contributed by atoms with Gasteiger partial charge in [-0.25, -0.2) is 4.79 Å². The molecule has 2 aromatic rings. The van der Waals surface area contributed by atoms with Gasteiger partial charge in [0.05, 0.1) is 29.9 Å². The number of amides is 3. The lowest BCUT2D eigenvalue weighted by Crippen LogP contribution is -2.37. The first-order chi connectivity index (χ1) is 14.4. The summed E-state index contributed by atoms with van der Waals surface area (Å²) in [7, 11) is 0. The average Bonchev–Trinajstić information content (AvgIpc) is 3.18. The van der Waals surface area contributed by atoms with Crippen LogP contribution in [0.5, 0.6) is 0 Å². The van der Waals surface area contributed by atoms with E-state index in [-0.39, 0.29) is 23.3 Å². The Morgan fingerprint density at radius 2 is 1.47 bits per heavy atom. The first-order valence-corrected chi connectivity index (χ1v) is 9.24. The van der Waals surface area contributed by atoms with Crippen LogP contribution in [0.15, 0.2) is 54.1 Å².